The number of hydrogen-bond donors (Lipinski definition) is 2. The topological polar surface area (TPSA) is 74.7 Å². The number of nitrogens with two attached hydrogens (primary N) is 1. The van der Waals surface area contributed by atoms with Crippen LogP contribution in [0.25, 0.3) is 0 Å². The van der Waals surface area contributed by atoms with E-state index in [9.17, 15) is 4.39 Å². The lowest BCUT2D eigenvalue weighted by Gasteiger charge is -2.06. The van der Waals surface area contributed by atoms with Crippen LogP contribution in [0.15, 0.2) is 36.4 Å². The van der Waals surface area contributed by atoms with E-state index in [4.69, 9.17) is 11.0 Å². The van der Waals surface area contributed by atoms with Gasteiger partial charge in [0, 0.05) is 5.69 Å². The molecule has 0 unspecified atom stereocenters. The molecule has 0 aliphatic heterocycles. The van der Waals surface area contributed by atoms with Crippen molar-refractivity contribution in [3.8, 4) is 6.07 Å². The zero-order valence-corrected chi connectivity index (χ0v) is 8.81. The van der Waals surface area contributed by atoms with Crippen molar-refractivity contribution in [3.63, 3.8) is 0 Å². The number of nitrogens with zero attached hydrogens (tertiary/aromatic N) is 2. The zero-order chi connectivity index (χ0) is 12.3. The average molecular weight is 228 g/mol. The third kappa shape index (κ3) is 2.49. The number of halogens is 1. The van der Waals surface area contributed by atoms with E-state index in [1.807, 2.05) is 6.07 Å². The van der Waals surface area contributed by atoms with Gasteiger partial charge in [0.15, 0.2) is 5.69 Å². The van der Waals surface area contributed by atoms with Crippen LogP contribution in [0.5, 0.6) is 0 Å². The Morgan fingerprint density at radius 3 is 2.53 bits per heavy atom. The highest BCUT2D eigenvalue weighted by atomic mass is 19.1. The summed E-state index contributed by atoms with van der Waals surface area (Å²) in [7, 11) is 0. The molecule has 0 amide bonds. The molecule has 1 heterocycles. The van der Waals surface area contributed by atoms with Gasteiger partial charge < -0.3 is 11.1 Å². The first kappa shape index (κ1) is 10.9. The first-order valence-corrected chi connectivity index (χ1v) is 4.88. The molecule has 1 aromatic carbocycles. The van der Waals surface area contributed by atoms with E-state index in [2.05, 4.69) is 10.3 Å². The van der Waals surface area contributed by atoms with E-state index in [-0.39, 0.29) is 11.5 Å². The van der Waals surface area contributed by atoms with Gasteiger partial charge >= 0.3 is 0 Å². The Kier molecular flexibility index (Phi) is 2.88. The lowest BCUT2D eigenvalue weighted by molar-refractivity contribution is 0.628. The van der Waals surface area contributed by atoms with Crippen LogP contribution in [0, 0.1) is 17.1 Å². The Labute approximate surface area is 97.5 Å². The van der Waals surface area contributed by atoms with Crippen LogP contribution in [0.2, 0.25) is 0 Å². The van der Waals surface area contributed by atoms with Crippen LogP contribution >= 0.6 is 0 Å². The van der Waals surface area contributed by atoms with Crippen LogP contribution in [-0.2, 0) is 0 Å². The fraction of sp³-hybridized carbons (Fsp3) is 0. The zero-order valence-electron chi connectivity index (χ0n) is 8.81. The summed E-state index contributed by atoms with van der Waals surface area (Å²) >= 11 is 0. The van der Waals surface area contributed by atoms with Crippen molar-refractivity contribution in [1.29, 1.82) is 5.26 Å². The van der Waals surface area contributed by atoms with Gasteiger partial charge in [-0.1, -0.05) is 0 Å². The van der Waals surface area contributed by atoms with Gasteiger partial charge in [-0.05, 0) is 36.4 Å². The highest BCUT2D eigenvalue weighted by molar-refractivity contribution is 5.60. The molecular weight excluding hydrogens is 219 g/mol. The molecular formula is C12H9FN4. The van der Waals surface area contributed by atoms with Gasteiger partial charge in [-0.2, -0.15) is 5.26 Å². The summed E-state index contributed by atoms with van der Waals surface area (Å²) in [5, 5.41) is 11.7. The van der Waals surface area contributed by atoms with Crippen molar-refractivity contribution in [2.75, 3.05) is 11.1 Å². The number of hydrogen-bond acceptors (Lipinski definition) is 4. The summed E-state index contributed by atoms with van der Waals surface area (Å²) in [5.41, 5.74) is 6.73. The normalized spacial score (nSPS) is 9.65. The average Bonchev–Trinajstić information content (AvgIpc) is 2.34. The molecule has 0 radical (unpaired) electrons. The Bertz CT molecular complexity index is 572. The summed E-state index contributed by atoms with van der Waals surface area (Å²) in [6.07, 6.45) is 0. The molecule has 0 aliphatic carbocycles. The molecule has 0 bridgehead atoms. The summed E-state index contributed by atoms with van der Waals surface area (Å²) in [6, 6.07) is 11.0. The van der Waals surface area contributed by atoms with Gasteiger partial charge in [0.1, 0.15) is 17.7 Å². The van der Waals surface area contributed by atoms with Crippen molar-refractivity contribution in [3.05, 3.63) is 47.9 Å². The number of rotatable bonds is 2. The standard InChI is InChI=1S/C12H9FN4/c13-8-1-3-9(4-2-8)16-12-6-5-10(15)11(7-14)17-12/h1-6H,15H2,(H,16,17). The number of nitrogens with one attached hydrogen (secondary N) is 1. The monoisotopic (exact) mass is 228 g/mol. The van der Waals surface area contributed by atoms with E-state index in [0.29, 0.717) is 17.2 Å². The molecule has 17 heavy (non-hydrogen) atoms. The third-order valence-corrected chi connectivity index (χ3v) is 2.15. The van der Waals surface area contributed by atoms with Gasteiger partial charge in [-0.15, -0.1) is 0 Å². The summed E-state index contributed by atoms with van der Waals surface area (Å²) < 4.78 is 12.7. The maximum Gasteiger partial charge on any atom is 0.165 e. The molecule has 84 valence electrons. The molecule has 1 aromatic heterocycles. The van der Waals surface area contributed by atoms with Crippen LogP contribution in [0.1, 0.15) is 5.69 Å². The van der Waals surface area contributed by atoms with Crippen LogP contribution in [0.4, 0.5) is 21.6 Å². The van der Waals surface area contributed by atoms with E-state index in [0.717, 1.165) is 0 Å². The molecule has 0 aliphatic rings. The Morgan fingerprint density at radius 1 is 1.18 bits per heavy atom. The SMILES string of the molecule is N#Cc1nc(Nc2ccc(F)cc2)ccc1N. The van der Waals surface area contributed by atoms with E-state index < -0.39 is 0 Å². The van der Waals surface area contributed by atoms with Crippen LogP contribution in [0.3, 0.4) is 0 Å². The van der Waals surface area contributed by atoms with Crippen molar-refractivity contribution in [2.24, 2.45) is 0 Å². The fourth-order valence-electron chi connectivity index (χ4n) is 1.31. The predicted octanol–water partition coefficient (Wildman–Crippen LogP) is 2.42. The third-order valence-electron chi connectivity index (χ3n) is 2.15. The molecule has 0 atom stereocenters. The minimum absolute atomic E-state index is 0.164. The minimum atomic E-state index is -0.307. The number of benzene rings is 1. The van der Waals surface area contributed by atoms with Gasteiger partial charge in [-0.3, -0.25) is 0 Å². The molecule has 0 fully saturated rings. The van der Waals surface area contributed by atoms with Gasteiger partial charge in [0.25, 0.3) is 0 Å². The molecule has 2 rings (SSSR count). The first-order valence-electron chi connectivity index (χ1n) is 4.88. The quantitative estimate of drug-likeness (QED) is 0.827. The van der Waals surface area contributed by atoms with Crippen LogP contribution < -0.4 is 11.1 Å². The van der Waals surface area contributed by atoms with Crippen molar-refractivity contribution >= 4 is 17.2 Å². The second-order valence-corrected chi connectivity index (χ2v) is 3.38. The first-order chi connectivity index (χ1) is 8.19. The fourth-order valence-corrected chi connectivity index (χ4v) is 1.31. The van der Waals surface area contributed by atoms with E-state index in [1.165, 1.54) is 12.1 Å². The number of nitriles is 1. The van der Waals surface area contributed by atoms with E-state index >= 15 is 0 Å². The lowest BCUT2D eigenvalue weighted by Crippen LogP contribution is -1.98. The van der Waals surface area contributed by atoms with Gasteiger partial charge in [0.05, 0.1) is 5.69 Å². The smallest absolute Gasteiger partial charge is 0.165 e. The number of anilines is 3. The molecule has 0 saturated carbocycles. The summed E-state index contributed by atoms with van der Waals surface area (Å²) in [4.78, 5) is 4.02. The molecule has 2 aromatic rings. The summed E-state index contributed by atoms with van der Waals surface area (Å²) in [5.74, 6) is 0.181. The lowest BCUT2D eigenvalue weighted by atomic mass is 10.3. The van der Waals surface area contributed by atoms with Crippen molar-refractivity contribution in [2.45, 2.75) is 0 Å². The maximum absolute atomic E-state index is 12.7. The molecule has 4 nitrogen and oxygen atoms in total. The highest BCUT2D eigenvalue weighted by Crippen LogP contribution is 2.17. The molecule has 0 spiro atoms. The molecule has 3 N–H and O–H groups in total. The predicted molar refractivity (Wildman–Crippen MR) is 63.0 cm³/mol. The summed E-state index contributed by atoms with van der Waals surface area (Å²) in [6.45, 7) is 0. The molecule has 0 saturated heterocycles. The second-order valence-electron chi connectivity index (χ2n) is 3.38. The number of pyridine rings is 1. The molecule has 5 heteroatoms. The second kappa shape index (κ2) is 4.49. The van der Waals surface area contributed by atoms with Gasteiger partial charge in [-0.25, -0.2) is 9.37 Å². The van der Waals surface area contributed by atoms with Crippen LogP contribution in [-0.4, -0.2) is 4.98 Å². The minimum Gasteiger partial charge on any atom is -0.396 e. The Hall–Kier alpha value is -2.61. The van der Waals surface area contributed by atoms with Crippen molar-refractivity contribution < 1.29 is 4.39 Å². The highest BCUT2D eigenvalue weighted by Gasteiger charge is 2.02. The van der Waals surface area contributed by atoms with Gasteiger partial charge in [0.2, 0.25) is 0 Å². The largest absolute Gasteiger partial charge is 0.396 e. The Balaban J connectivity index is 2.25. The van der Waals surface area contributed by atoms with Crippen molar-refractivity contribution in [1.82, 2.24) is 4.98 Å². The number of nitrogen functional groups attached to an aromatic ring is 1. The Morgan fingerprint density at radius 2 is 1.88 bits per heavy atom. The number of aromatic nitrogens is 1. The van der Waals surface area contributed by atoms with E-state index in [1.54, 1.807) is 24.3 Å². The maximum atomic E-state index is 12.7.